The normalized spacial score (nSPS) is 14.5. The molecule has 28 heavy (non-hydrogen) atoms. The summed E-state index contributed by atoms with van der Waals surface area (Å²) in [4.78, 5) is 30.6. The summed E-state index contributed by atoms with van der Waals surface area (Å²) in [5, 5.41) is 0. The zero-order valence-electron chi connectivity index (χ0n) is 16.2. The maximum absolute atomic E-state index is 13.3. The van der Waals surface area contributed by atoms with Crippen LogP contribution in [0.1, 0.15) is 30.0 Å². The van der Waals surface area contributed by atoms with Gasteiger partial charge < -0.3 is 14.5 Å². The second kappa shape index (κ2) is 7.84. The quantitative estimate of drug-likeness (QED) is 0.674. The van der Waals surface area contributed by atoms with E-state index in [9.17, 15) is 4.79 Å². The van der Waals surface area contributed by atoms with Gasteiger partial charge in [-0.2, -0.15) is 0 Å². The standard InChI is InChI=1S/C20H24N6O2/c1-3-15-17(26-10-5-7-16(28-4-2)18(26)23-15)19(27)24-11-13-25(14-12-24)20-21-8-6-9-22-20/h5-10H,3-4,11-14H2,1-2H3. The smallest absolute Gasteiger partial charge is 0.272 e. The van der Waals surface area contributed by atoms with E-state index >= 15 is 0 Å². The molecule has 1 amide bonds. The summed E-state index contributed by atoms with van der Waals surface area (Å²) in [5.74, 6) is 1.41. The van der Waals surface area contributed by atoms with Crippen molar-refractivity contribution < 1.29 is 9.53 Å². The van der Waals surface area contributed by atoms with Crippen molar-refractivity contribution in [2.24, 2.45) is 0 Å². The summed E-state index contributed by atoms with van der Waals surface area (Å²) < 4.78 is 7.55. The summed E-state index contributed by atoms with van der Waals surface area (Å²) in [6, 6.07) is 5.58. The molecule has 4 rings (SSSR count). The minimum atomic E-state index is 0.00614. The van der Waals surface area contributed by atoms with Crippen molar-refractivity contribution in [3.05, 3.63) is 48.2 Å². The van der Waals surface area contributed by atoms with Crippen molar-refractivity contribution in [2.45, 2.75) is 20.3 Å². The fourth-order valence-electron chi connectivity index (χ4n) is 3.54. The van der Waals surface area contributed by atoms with Gasteiger partial charge in [0, 0.05) is 44.8 Å². The van der Waals surface area contributed by atoms with Gasteiger partial charge in [-0.3, -0.25) is 9.20 Å². The predicted molar refractivity (Wildman–Crippen MR) is 106 cm³/mol. The molecule has 4 heterocycles. The third-order valence-corrected chi connectivity index (χ3v) is 4.93. The van der Waals surface area contributed by atoms with Crippen LogP contribution in [-0.2, 0) is 6.42 Å². The van der Waals surface area contributed by atoms with Gasteiger partial charge in [-0.15, -0.1) is 0 Å². The van der Waals surface area contributed by atoms with Gasteiger partial charge in [-0.25, -0.2) is 15.0 Å². The van der Waals surface area contributed by atoms with Crippen molar-refractivity contribution in [1.29, 1.82) is 0 Å². The summed E-state index contributed by atoms with van der Waals surface area (Å²) in [6.07, 6.45) is 6.04. The second-order valence-corrected chi connectivity index (χ2v) is 6.59. The van der Waals surface area contributed by atoms with E-state index in [-0.39, 0.29) is 5.91 Å². The number of hydrogen-bond acceptors (Lipinski definition) is 6. The number of nitrogens with zero attached hydrogens (tertiary/aromatic N) is 6. The lowest BCUT2D eigenvalue weighted by Gasteiger charge is -2.34. The molecule has 8 heteroatoms. The van der Waals surface area contributed by atoms with Crippen LogP contribution in [0.3, 0.4) is 0 Å². The van der Waals surface area contributed by atoms with Crippen molar-refractivity contribution in [3.8, 4) is 5.75 Å². The van der Waals surface area contributed by atoms with Crippen LogP contribution < -0.4 is 9.64 Å². The second-order valence-electron chi connectivity index (χ2n) is 6.59. The highest BCUT2D eigenvalue weighted by Crippen LogP contribution is 2.24. The van der Waals surface area contributed by atoms with Crippen LogP contribution in [0.2, 0.25) is 0 Å². The molecule has 0 N–H and O–H groups in total. The Bertz CT molecular complexity index is 963. The molecule has 0 unspecified atom stereocenters. The number of hydrogen-bond donors (Lipinski definition) is 0. The topological polar surface area (TPSA) is 75.9 Å². The molecule has 8 nitrogen and oxygen atoms in total. The molecule has 0 bridgehead atoms. The van der Waals surface area contributed by atoms with E-state index in [0.717, 1.165) is 5.69 Å². The number of pyridine rings is 1. The highest BCUT2D eigenvalue weighted by Gasteiger charge is 2.28. The Morgan fingerprint density at radius 1 is 1.11 bits per heavy atom. The van der Waals surface area contributed by atoms with Gasteiger partial charge in [0.15, 0.2) is 11.4 Å². The number of aromatic nitrogens is 4. The number of amides is 1. The summed E-state index contributed by atoms with van der Waals surface area (Å²) in [7, 11) is 0. The zero-order valence-corrected chi connectivity index (χ0v) is 16.2. The van der Waals surface area contributed by atoms with Gasteiger partial charge >= 0.3 is 0 Å². The number of fused-ring (bicyclic) bond motifs is 1. The molecule has 0 saturated carbocycles. The van der Waals surface area contributed by atoms with Gasteiger partial charge in [0.1, 0.15) is 5.69 Å². The Labute approximate surface area is 163 Å². The molecular formula is C20H24N6O2. The van der Waals surface area contributed by atoms with E-state index in [1.54, 1.807) is 18.5 Å². The van der Waals surface area contributed by atoms with Crippen LogP contribution in [0.4, 0.5) is 5.95 Å². The van der Waals surface area contributed by atoms with Gasteiger partial charge in [0.2, 0.25) is 5.95 Å². The first-order chi connectivity index (χ1) is 13.7. The molecule has 1 saturated heterocycles. The summed E-state index contributed by atoms with van der Waals surface area (Å²) in [6.45, 7) is 7.17. The van der Waals surface area contributed by atoms with Crippen molar-refractivity contribution in [2.75, 3.05) is 37.7 Å². The van der Waals surface area contributed by atoms with E-state index in [4.69, 9.17) is 4.74 Å². The first kappa shape index (κ1) is 18.2. The Balaban J connectivity index is 1.58. The molecule has 146 valence electrons. The number of ether oxygens (including phenoxy) is 1. The average molecular weight is 380 g/mol. The third kappa shape index (κ3) is 3.26. The number of aryl methyl sites for hydroxylation is 1. The van der Waals surface area contributed by atoms with E-state index < -0.39 is 0 Å². The molecule has 1 fully saturated rings. The van der Waals surface area contributed by atoms with Crippen LogP contribution in [0.15, 0.2) is 36.8 Å². The Kier molecular flexibility index (Phi) is 5.10. The molecule has 1 aliphatic heterocycles. The van der Waals surface area contributed by atoms with Crippen molar-refractivity contribution in [3.63, 3.8) is 0 Å². The molecule has 0 aliphatic carbocycles. The Morgan fingerprint density at radius 3 is 2.54 bits per heavy atom. The maximum atomic E-state index is 13.3. The van der Waals surface area contributed by atoms with Crippen LogP contribution >= 0.6 is 0 Å². The zero-order chi connectivity index (χ0) is 19.5. The van der Waals surface area contributed by atoms with E-state index in [1.807, 2.05) is 41.5 Å². The fourth-order valence-corrected chi connectivity index (χ4v) is 3.54. The third-order valence-electron chi connectivity index (χ3n) is 4.93. The van der Waals surface area contributed by atoms with Gasteiger partial charge in [0.25, 0.3) is 5.91 Å². The van der Waals surface area contributed by atoms with Crippen LogP contribution in [0.25, 0.3) is 5.65 Å². The maximum Gasteiger partial charge on any atom is 0.272 e. The molecule has 0 spiro atoms. The van der Waals surface area contributed by atoms with Gasteiger partial charge in [-0.05, 0) is 31.5 Å². The molecular weight excluding hydrogens is 356 g/mol. The van der Waals surface area contributed by atoms with E-state index in [1.165, 1.54) is 0 Å². The number of imidazole rings is 1. The number of carbonyl (C=O) groups is 1. The lowest BCUT2D eigenvalue weighted by atomic mass is 10.2. The number of carbonyl (C=O) groups excluding carboxylic acids is 1. The van der Waals surface area contributed by atoms with Crippen LogP contribution in [0, 0.1) is 0 Å². The lowest BCUT2D eigenvalue weighted by molar-refractivity contribution is 0.0738. The van der Waals surface area contributed by atoms with Gasteiger partial charge in [-0.1, -0.05) is 6.92 Å². The first-order valence-corrected chi connectivity index (χ1v) is 9.67. The number of piperazine rings is 1. The van der Waals surface area contributed by atoms with E-state index in [2.05, 4.69) is 19.9 Å². The molecule has 1 aliphatic rings. The monoisotopic (exact) mass is 380 g/mol. The number of rotatable bonds is 5. The Morgan fingerprint density at radius 2 is 1.86 bits per heavy atom. The minimum absolute atomic E-state index is 0.00614. The average Bonchev–Trinajstić information content (AvgIpc) is 3.14. The van der Waals surface area contributed by atoms with Crippen molar-refractivity contribution in [1.82, 2.24) is 24.3 Å². The minimum Gasteiger partial charge on any atom is -0.490 e. The molecule has 0 radical (unpaired) electrons. The Hall–Kier alpha value is -3.16. The number of anilines is 1. The first-order valence-electron chi connectivity index (χ1n) is 9.67. The SMILES string of the molecule is CCOc1cccn2c(C(=O)N3CCN(c4ncccn4)CC3)c(CC)nc12. The van der Waals surface area contributed by atoms with Crippen molar-refractivity contribution >= 4 is 17.5 Å². The molecule has 3 aromatic rings. The predicted octanol–water partition coefficient (Wildman–Crippen LogP) is 2.05. The highest BCUT2D eigenvalue weighted by molar-refractivity contribution is 5.95. The van der Waals surface area contributed by atoms with E-state index in [0.29, 0.717) is 62.2 Å². The van der Waals surface area contributed by atoms with Crippen LogP contribution in [0.5, 0.6) is 5.75 Å². The largest absolute Gasteiger partial charge is 0.490 e. The summed E-state index contributed by atoms with van der Waals surface area (Å²) >= 11 is 0. The molecule has 0 atom stereocenters. The molecule has 0 aromatic carbocycles. The fraction of sp³-hybridized carbons (Fsp3) is 0.400. The highest BCUT2D eigenvalue weighted by atomic mass is 16.5. The molecule has 3 aromatic heterocycles. The van der Waals surface area contributed by atoms with Crippen LogP contribution in [-0.4, -0.2) is 62.9 Å². The van der Waals surface area contributed by atoms with Gasteiger partial charge in [0.05, 0.1) is 12.3 Å². The lowest BCUT2D eigenvalue weighted by Crippen LogP contribution is -2.49. The summed E-state index contributed by atoms with van der Waals surface area (Å²) in [5.41, 5.74) is 2.12.